The van der Waals surface area contributed by atoms with Crippen LogP contribution in [0.2, 0.25) is 0 Å². The van der Waals surface area contributed by atoms with Gasteiger partial charge in [-0.05, 0) is 13.8 Å². The van der Waals surface area contributed by atoms with Crippen molar-refractivity contribution in [2.75, 3.05) is 0 Å². The molecule has 0 aliphatic rings. The molecule has 0 aromatic carbocycles. The van der Waals surface area contributed by atoms with Crippen LogP contribution in [0.25, 0.3) is 0 Å². The second-order valence-electron chi connectivity index (χ2n) is 2.43. The summed E-state index contributed by atoms with van der Waals surface area (Å²) in [5.74, 6) is -0.940. The van der Waals surface area contributed by atoms with Crippen LogP contribution in [0.5, 0.6) is 0 Å². The van der Waals surface area contributed by atoms with E-state index >= 15 is 0 Å². The maximum Gasteiger partial charge on any atom is 0.339 e. The first kappa shape index (κ1) is 12.3. The molecule has 0 rings (SSSR count). The Morgan fingerprint density at radius 2 is 1.83 bits per heavy atom. The van der Waals surface area contributed by atoms with Crippen LogP contribution >= 0.6 is 34.8 Å². The Bertz CT molecular complexity index is 164. The lowest BCUT2D eigenvalue weighted by molar-refractivity contribution is -0.157. The Balaban J connectivity index is 4.12. The molecular weight excluding hydrogens is 226 g/mol. The van der Waals surface area contributed by atoms with Gasteiger partial charge in [-0.15, -0.1) is 0 Å². The zero-order valence-corrected chi connectivity index (χ0v) is 8.82. The van der Waals surface area contributed by atoms with Gasteiger partial charge in [0.1, 0.15) is 0 Å². The fourth-order valence-electron chi connectivity index (χ4n) is 0.430. The second kappa shape index (κ2) is 4.51. The maximum absolute atomic E-state index is 10.9. The maximum atomic E-state index is 10.9. The summed E-state index contributed by atoms with van der Waals surface area (Å²) in [5, 5.41) is 9.03. The van der Waals surface area contributed by atoms with Crippen LogP contribution in [0.4, 0.5) is 0 Å². The molecule has 0 saturated heterocycles. The third kappa shape index (κ3) is 4.36. The van der Waals surface area contributed by atoms with Crippen molar-refractivity contribution in [1.29, 1.82) is 0 Å². The molecule has 72 valence electrons. The molecule has 0 fully saturated rings. The van der Waals surface area contributed by atoms with Gasteiger partial charge >= 0.3 is 5.97 Å². The molecule has 0 spiro atoms. The lowest BCUT2D eigenvalue weighted by Crippen LogP contribution is -2.36. The first-order valence-corrected chi connectivity index (χ1v) is 4.34. The van der Waals surface area contributed by atoms with Gasteiger partial charge in [-0.3, -0.25) is 0 Å². The van der Waals surface area contributed by atoms with Crippen molar-refractivity contribution in [3.05, 3.63) is 0 Å². The molecule has 0 bridgehead atoms. The Labute approximate surface area is 85.5 Å². The third-order valence-corrected chi connectivity index (χ3v) is 1.51. The highest BCUT2D eigenvalue weighted by Crippen LogP contribution is 2.30. The summed E-state index contributed by atoms with van der Waals surface area (Å²) in [5.41, 5.74) is 0. The van der Waals surface area contributed by atoms with Crippen LogP contribution in [0.15, 0.2) is 0 Å². The van der Waals surface area contributed by atoms with Crippen LogP contribution in [-0.2, 0) is 9.53 Å². The van der Waals surface area contributed by atoms with E-state index in [9.17, 15) is 4.79 Å². The molecule has 0 aliphatic heterocycles. The van der Waals surface area contributed by atoms with Gasteiger partial charge in [0.25, 0.3) is 0 Å². The predicted octanol–water partition coefficient (Wildman–Crippen LogP) is 1.67. The van der Waals surface area contributed by atoms with Gasteiger partial charge < -0.3 is 9.84 Å². The Kier molecular flexibility index (Phi) is 4.62. The lowest BCUT2D eigenvalue weighted by Gasteiger charge is -2.18. The first-order chi connectivity index (χ1) is 5.25. The number of halogens is 3. The molecule has 0 saturated carbocycles. The summed E-state index contributed by atoms with van der Waals surface area (Å²) in [4.78, 5) is 10.9. The largest absolute Gasteiger partial charge is 0.461 e. The van der Waals surface area contributed by atoms with Crippen LogP contribution in [0.3, 0.4) is 0 Å². The van der Waals surface area contributed by atoms with E-state index in [1.807, 2.05) is 0 Å². The summed E-state index contributed by atoms with van der Waals surface area (Å²) in [7, 11) is 0. The van der Waals surface area contributed by atoms with E-state index in [-0.39, 0.29) is 6.10 Å². The summed E-state index contributed by atoms with van der Waals surface area (Å²) < 4.78 is 2.56. The second-order valence-corrected chi connectivity index (χ2v) is 4.80. The van der Waals surface area contributed by atoms with Gasteiger partial charge in [0.2, 0.25) is 3.79 Å². The highest BCUT2D eigenvalue weighted by Gasteiger charge is 2.38. The number of ether oxygens (including phenoxy) is 1. The van der Waals surface area contributed by atoms with Gasteiger partial charge in [0, 0.05) is 0 Å². The minimum absolute atomic E-state index is 0.348. The monoisotopic (exact) mass is 234 g/mol. The van der Waals surface area contributed by atoms with Crippen LogP contribution in [-0.4, -0.2) is 27.1 Å². The van der Waals surface area contributed by atoms with E-state index < -0.39 is 15.9 Å². The minimum Gasteiger partial charge on any atom is -0.461 e. The quantitative estimate of drug-likeness (QED) is 0.585. The van der Waals surface area contributed by atoms with E-state index in [0.29, 0.717) is 0 Å². The smallest absolute Gasteiger partial charge is 0.339 e. The molecule has 0 amide bonds. The van der Waals surface area contributed by atoms with Gasteiger partial charge in [-0.2, -0.15) is 0 Å². The van der Waals surface area contributed by atoms with E-state index in [1.54, 1.807) is 13.8 Å². The summed E-state index contributed by atoms with van der Waals surface area (Å²) in [6.45, 7) is 3.26. The van der Waals surface area contributed by atoms with Crippen molar-refractivity contribution >= 4 is 40.8 Å². The Morgan fingerprint density at radius 1 is 1.42 bits per heavy atom. The normalized spacial score (nSPS) is 14.6. The number of hydrogen-bond acceptors (Lipinski definition) is 3. The van der Waals surface area contributed by atoms with Crippen LogP contribution in [0.1, 0.15) is 13.8 Å². The molecule has 0 unspecified atom stereocenters. The summed E-state index contributed by atoms with van der Waals surface area (Å²) >= 11 is 15.7. The topological polar surface area (TPSA) is 46.5 Å². The SMILES string of the molecule is CC(C)OC(=O)[C@H](O)C(Cl)(Cl)Cl. The molecule has 6 heteroatoms. The highest BCUT2D eigenvalue weighted by atomic mass is 35.6. The average Bonchev–Trinajstić information content (AvgIpc) is 1.82. The number of carbonyl (C=O) groups is 1. The van der Waals surface area contributed by atoms with E-state index in [4.69, 9.17) is 39.9 Å². The van der Waals surface area contributed by atoms with Gasteiger partial charge in [0.05, 0.1) is 6.10 Å². The molecule has 3 nitrogen and oxygen atoms in total. The lowest BCUT2D eigenvalue weighted by atomic mass is 10.4. The van der Waals surface area contributed by atoms with Gasteiger partial charge in [-0.25, -0.2) is 4.79 Å². The van der Waals surface area contributed by atoms with Crippen molar-refractivity contribution in [3.63, 3.8) is 0 Å². The fourth-order valence-corrected chi connectivity index (χ4v) is 0.698. The molecule has 12 heavy (non-hydrogen) atoms. The van der Waals surface area contributed by atoms with Gasteiger partial charge in [-0.1, -0.05) is 34.8 Å². The highest BCUT2D eigenvalue weighted by molar-refractivity contribution is 6.68. The number of hydrogen-bond donors (Lipinski definition) is 1. The Hall–Kier alpha value is 0.300. The third-order valence-electron chi connectivity index (χ3n) is 0.885. The van der Waals surface area contributed by atoms with Gasteiger partial charge in [0.15, 0.2) is 6.10 Å². The fraction of sp³-hybridized carbons (Fsp3) is 0.833. The van der Waals surface area contributed by atoms with Crippen LogP contribution in [0, 0.1) is 0 Å². The van der Waals surface area contributed by atoms with E-state index in [1.165, 1.54) is 0 Å². The predicted molar refractivity (Wildman–Crippen MR) is 47.5 cm³/mol. The van der Waals surface area contributed by atoms with Crippen molar-refractivity contribution < 1.29 is 14.6 Å². The molecule has 1 atom stereocenters. The molecule has 0 aliphatic carbocycles. The summed E-state index contributed by atoms with van der Waals surface area (Å²) in [6.07, 6.45) is -2.09. The number of carbonyl (C=O) groups excluding carboxylic acids is 1. The van der Waals surface area contributed by atoms with E-state index in [2.05, 4.69) is 4.74 Å². The van der Waals surface area contributed by atoms with E-state index in [0.717, 1.165) is 0 Å². The van der Waals surface area contributed by atoms with Crippen molar-refractivity contribution in [3.8, 4) is 0 Å². The number of rotatable bonds is 2. The standard InChI is InChI=1S/C6H9Cl3O3/c1-3(2)12-5(11)4(10)6(7,8)9/h3-4,10H,1-2H3/t4-/m0/s1. The molecule has 0 aromatic rings. The minimum atomic E-state index is -2.04. The zero-order valence-electron chi connectivity index (χ0n) is 6.55. The average molecular weight is 235 g/mol. The molecule has 1 N–H and O–H groups in total. The first-order valence-electron chi connectivity index (χ1n) is 3.20. The molecule has 0 heterocycles. The summed E-state index contributed by atoms with van der Waals surface area (Å²) in [6, 6.07) is 0. The number of aliphatic hydroxyl groups excluding tert-OH is 1. The van der Waals surface area contributed by atoms with Crippen LogP contribution < -0.4 is 0 Å². The number of aliphatic hydroxyl groups is 1. The molecule has 0 aromatic heterocycles. The number of alkyl halides is 3. The van der Waals surface area contributed by atoms with Crippen molar-refractivity contribution in [2.45, 2.75) is 29.8 Å². The van der Waals surface area contributed by atoms with Crippen molar-refractivity contribution in [1.82, 2.24) is 0 Å². The molecule has 0 radical (unpaired) electrons. The molecular formula is C6H9Cl3O3. The van der Waals surface area contributed by atoms with Crippen molar-refractivity contribution in [2.24, 2.45) is 0 Å². The number of esters is 1. The zero-order chi connectivity index (χ0) is 9.94. The Morgan fingerprint density at radius 3 is 2.08 bits per heavy atom.